The van der Waals surface area contributed by atoms with Gasteiger partial charge in [0.05, 0.1) is 10.6 Å². The lowest BCUT2D eigenvalue weighted by molar-refractivity contribution is -0.139. The lowest BCUT2D eigenvalue weighted by Gasteiger charge is -2.32. The molecular weight excluding hydrogens is 510 g/mol. The van der Waals surface area contributed by atoms with E-state index in [2.05, 4.69) is 5.32 Å². The van der Waals surface area contributed by atoms with E-state index in [0.29, 0.717) is 12.2 Å². The summed E-state index contributed by atoms with van der Waals surface area (Å²) >= 11 is 0. The van der Waals surface area contributed by atoms with Gasteiger partial charge in [-0.1, -0.05) is 66.6 Å². The zero-order valence-corrected chi connectivity index (χ0v) is 24.5. The number of carbonyl (C=O) groups is 2. The first-order chi connectivity index (χ1) is 18.4. The Labute approximate surface area is 232 Å². The third-order valence-corrected chi connectivity index (χ3v) is 8.60. The highest BCUT2D eigenvalue weighted by Crippen LogP contribution is 2.28. The van der Waals surface area contributed by atoms with Crippen molar-refractivity contribution in [3.8, 4) is 0 Å². The number of carbonyl (C=O) groups excluding carboxylic acids is 2. The topological polar surface area (TPSA) is 86.8 Å². The maximum Gasteiger partial charge on any atom is 0.264 e. The van der Waals surface area contributed by atoms with Crippen LogP contribution in [0.5, 0.6) is 0 Å². The number of amides is 2. The first-order valence-electron chi connectivity index (χ1n) is 13.2. The normalized spacial score (nSPS) is 12.1. The van der Waals surface area contributed by atoms with Crippen molar-refractivity contribution in [1.82, 2.24) is 10.2 Å². The van der Waals surface area contributed by atoms with Gasteiger partial charge < -0.3 is 10.2 Å². The number of hydrogen-bond donors (Lipinski definition) is 1. The second kappa shape index (κ2) is 12.9. The molecule has 0 fully saturated rings. The van der Waals surface area contributed by atoms with E-state index >= 15 is 0 Å². The number of hydrogen-bond acceptors (Lipinski definition) is 4. The molecule has 1 atom stereocenters. The van der Waals surface area contributed by atoms with E-state index in [-0.39, 0.29) is 17.3 Å². The molecule has 0 aliphatic carbocycles. The standard InChI is InChI=1S/C31H39N3O4S/c1-7-18-32-31(36)26(6)33(20-27-11-9-8-10-24(27)4)30(35)21-34(29-17-14-23(3)19-25(29)5)39(37,38)28-15-12-22(2)13-16-28/h8-17,19,26H,7,18,20-21H2,1-6H3,(H,32,36)/t26-/m1/s1. The van der Waals surface area contributed by atoms with Gasteiger partial charge in [0.2, 0.25) is 11.8 Å². The van der Waals surface area contributed by atoms with Crippen LogP contribution in [0.25, 0.3) is 0 Å². The van der Waals surface area contributed by atoms with Gasteiger partial charge in [0, 0.05) is 13.1 Å². The maximum absolute atomic E-state index is 14.0. The summed E-state index contributed by atoms with van der Waals surface area (Å²) in [6.07, 6.45) is 0.763. The fourth-order valence-electron chi connectivity index (χ4n) is 4.39. The fourth-order valence-corrected chi connectivity index (χ4v) is 5.86. The van der Waals surface area contributed by atoms with Crippen molar-refractivity contribution in [1.29, 1.82) is 0 Å². The third kappa shape index (κ3) is 7.26. The van der Waals surface area contributed by atoms with Crippen LogP contribution < -0.4 is 9.62 Å². The van der Waals surface area contributed by atoms with Gasteiger partial charge in [0.25, 0.3) is 10.0 Å². The number of aryl methyl sites for hydroxylation is 4. The van der Waals surface area contributed by atoms with Crippen molar-refractivity contribution in [2.75, 3.05) is 17.4 Å². The maximum atomic E-state index is 14.0. The quantitative estimate of drug-likeness (QED) is 0.362. The van der Waals surface area contributed by atoms with E-state index in [0.717, 1.165) is 38.5 Å². The van der Waals surface area contributed by atoms with E-state index in [1.54, 1.807) is 37.3 Å². The van der Waals surface area contributed by atoms with Crippen LogP contribution in [0.1, 0.15) is 48.1 Å². The van der Waals surface area contributed by atoms with E-state index in [1.165, 1.54) is 4.90 Å². The molecule has 0 saturated heterocycles. The van der Waals surface area contributed by atoms with Crippen molar-refractivity contribution in [3.05, 3.63) is 94.5 Å². The first-order valence-corrected chi connectivity index (χ1v) is 14.7. The van der Waals surface area contributed by atoms with E-state index < -0.39 is 28.5 Å². The highest BCUT2D eigenvalue weighted by molar-refractivity contribution is 7.92. The van der Waals surface area contributed by atoms with Gasteiger partial charge in [-0.15, -0.1) is 0 Å². The average molecular weight is 550 g/mol. The molecule has 7 nitrogen and oxygen atoms in total. The molecule has 0 aliphatic rings. The van der Waals surface area contributed by atoms with Crippen LogP contribution in [0.2, 0.25) is 0 Å². The second-order valence-corrected chi connectivity index (χ2v) is 11.9. The Morgan fingerprint density at radius 2 is 1.51 bits per heavy atom. The fraction of sp³-hybridized carbons (Fsp3) is 0.355. The summed E-state index contributed by atoms with van der Waals surface area (Å²) in [5.74, 6) is -0.744. The van der Waals surface area contributed by atoms with Gasteiger partial charge >= 0.3 is 0 Å². The molecule has 0 heterocycles. The van der Waals surface area contributed by atoms with E-state index in [4.69, 9.17) is 0 Å². The van der Waals surface area contributed by atoms with Crippen molar-refractivity contribution < 1.29 is 18.0 Å². The Morgan fingerprint density at radius 1 is 0.872 bits per heavy atom. The van der Waals surface area contributed by atoms with Crippen LogP contribution in [0.15, 0.2) is 71.6 Å². The first kappa shape index (κ1) is 29.9. The van der Waals surface area contributed by atoms with Crippen LogP contribution in [-0.2, 0) is 26.2 Å². The van der Waals surface area contributed by atoms with Gasteiger partial charge in [-0.25, -0.2) is 8.42 Å². The molecule has 0 saturated carbocycles. The Kier molecular flexibility index (Phi) is 9.92. The van der Waals surface area contributed by atoms with Gasteiger partial charge in [0.15, 0.2) is 0 Å². The molecule has 0 radical (unpaired) electrons. The minimum absolute atomic E-state index is 0.0973. The number of benzene rings is 3. The molecule has 0 aliphatic heterocycles. The Morgan fingerprint density at radius 3 is 2.13 bits per heavy atom. The van der Waals surface area contributed by atoms with E-state index in [9.17, 15) is 18.0 Å². The second-order valence-electron chi connectivity index (χ2n) is 10.0. The summed E-state index contributed by atoms with van der Waals surface area (Å²) in [6.45, 7) is 11.5. The molecule has 39 heavy (non-hydrogen) atoms. The Bertz CT molecular complexity index is 1420. The predicted molar refractivity (Wildman–Crippen MR) is 156 cm³/mol. The van der Waals surface area contributed by atoms with Gasteiger partial charge in [-0.2, -0.15) is 0 Å². The number of nitrogens with zero attached hydrogens (tertiary/aromatic N) is 2. The summed E-state index contributed by atoms with van der Waals surface area (Å²) in [4.78, 5) is 28.6. The summed E-state index contributed by atoms with van der Waals surface area (Å²) in [5, 5.41) is 2.86. The molecule has 3 rings (SSSR count). The monoisotopic (exact) mass is 549 g/mol. The summed E-state index contributed by atoms with van der Waals surface area (Å²) in [6, 6.07) is 18.9. The van der Waals surface area contributed by atoms with Gasteiger partial charge in [0.1, 0.15) is 12.6 Å². The molecule has 0 spiro atoms. The minimum atomic E-state index is -4.09. The lowest BCUT2D eigenvalue weighted by Crippen LogP contribution is -2.51. The van der Waals surface area contributed by atoms with Crippen LogP contribution in [0.3, 0.4) is 0 Å². The van der Waals surface area contributed by atoms with Crippen LogP contribution in [-0.4, -0.2) is 44.3 Å². The highest BCUT2D eigenvalue weighted by Gasteiger charge is 2.33. The summed E-state index contributed by atoms with van der Waals surface area (Å²) in [7, 11) is -4.09. The number of rotatable bonds is 11. The highest BCUT2D eigenvalue weighted by atomic mass is 32.2. The van der Waals surface area contributed by atoms with Gasteiger partial charge in [-0.3, -0.25) is 13.9 Å². The minimum Gasteiger partial charge on any atom is -0.354 e. The smallest absolute Gasteiger partial charge is 0.264 e. The zero-order valence-electron chi connectivity index (χ0n) is 23.7. The molecule has 0 aromatic heterocycles. The molecule has 0 bridgehead atoms. The summed E-state index contributed by atoms with van der Waals surface area (Å²) < 4.78 is 29.1. The Hall–Kier alpha value is -3.65. The van der Waals surface area contributed by atoms with Crippen molar-refractivity contribution in [2.24, 2.45) is 0 Å². The molecular formula is C31H39N3O4S. The Balaban J connectivity index is 2.06. The molecule has 0 unspecified atom stereocenters. The molecule has 3 aromatic rings. The van der Waals surface area contributed by atoms with Crippen molar-refractivity contribution >= 4 is 27.5 Å². The molecule has 1 N–H and O–H groups in total. The van der Waals surface area contributed by atoms with Crippen LogP contribution in [0.4, 0.5) is 5.69 Å². The summed E-state index contributed by atoms with van der Waals surface area (Å²) in [5.41, 5.74) is 4.94. The third-order valence-electron chi connectivity index (χ3n) is 6.83. The zero-order chi connectivity index (χ0) is 28.7. The van der Waals surface area contributed by atoms with Gasteiger partial charge in [-0.05, 0) is 75.9 Å². The molecule has 2 amide bonds. The molecule has 208 valence electrons. The number of sulfonamides is 1. The molecule has 8 heteroatoms. The van der Waals surface area contributed by atoms with Crippen molar-refractivity contribution in [2.45, 2.75) is 65.4 Å². The SMILES string of the molecule is CCCNC(=O)[C@@H](C)N(Cc1ccccc1C)C(=O)CN(c1ccc(C)cc1C)S(=O)(=O)c1ccc(C)cc1. The van der Waals surface area contributed by atoms with Crippen LogP contribution >= 0.6 is 0 Å². The van der Waals surface area contributed by atoms with Crippen molar-refractivity contribution in [3.63, 3.8) is 0 Å². The molecule has 3 aromatic carbocycles. The van der Waals surface area contributed by atoms with E-state index in [1.807, 2.05) is 71.0 Å². The number of nitrogens with one attached hydrogen (secondary N) is 1. The number of anilines is 1. The average Bonchev–Trinajstić information content (AvgIpc) is 2.90. The largest absolute Gasteiger partial charge is 0.354 e. The van der Waals surface area contributed by atoms with Crippen LogP contribution in [0, 0.1) is 27.7 Å². The predicted octanol–water partition coefficient (Wildman–Crippen LogP) is 5.06. The lowest BCUT2D eigenvalue weighted by atomic mass is 10.1.